The number of furan rings is 1. The molecule has 0 spiro atoms. The monoisotopic (exact) mass is 230 g/mol. The third-order valence-corrected chi connectivity index (χ3v) is 2.95. The molecule has 1 aromatic heterocycles. The smallest absolute Gasteiger partial charge is 0.107 e. The van der Waals surface area contributed by atoms with Crippen LogP contribution in [0, 0.1) is 0 Å². The Kier molecular flexibility index (Phi) is 3.07. The second-order valence-corrected chi connectivity index (χ2v) is 5.33. The van der Waals surface area contributed by atoms with Crippen LogP contribution in [0.25, 0.3) is 0 Å². The van der Waals surface area contributed by atoms with Crippen LogP contribution in [-0.4, -0.2) is 5.11 Å². The summed E-state index contributed by atoms with van der Waals surface area (Å²) in [5.41, 5.74) is 3.08. The van der Waals surface area contributed by atoms with Crippen LogP contribution >= 0.6 is 0 Å². The fraction of sp³-hybridized carbons (Fsp3) is 0.333. The lowest BCUT2D eigenvalue weighted by molar-refractivity contribution is 0.219. The fourth-order valence-corrected chi connectivity index (χ4v) is 1.79. The largest absolute Gasteiger partial charge is 0.472 e. The van der Waals surface area contributed by atoms with E-state index >= 15 is 0 Å². The quantitative estimate of drug-likeness (QED) is 0.854. The molecule has 0 saturated carbocycles. The highest BCUT2D eigenvalue weighted by atomic mass is 16.3. The number of benzene rings is 1. The van der Waals surface area contributed by atoms with E-state index in [1.54, 1.807) is 18.6 Å². The molecule has 0 aliphatic carbocycles. The van der Waals surface area contributed by atoms with Crippen LogP contribution < -0.4 is 0 Å². The molecular weight excluding hydrogens is 212 g/mol. The Balaban J connectivity index is 2.24. The first kappa shape index (κ1) is 11.9. The van der Waals surface area contributed by atoms with E-state index in [0.29, 0.717) is 0 Å². The Labute approximate surface area is 102 Å². The summed E-state index contributed by atoms with van der Waals surface area (Å²) >= 11 is 0. The van der Waals surface area contributed by atoms with Crippen molar-refractivity contribution in [2.75, 3.05) is 0 Å². The van der Waals surface area contributed by atoms with Gasteiger partial charge in [0.1, 0.15) is 6.10 Å². The lowest BCUT2D eigenvalue weighted by Crippen LogP contribution is -2.11. The minimum atomic E-state index is -0.609. The summed E-state index contributed by atoms with van der Waals surface area (Å²) in [6.07, 6.45) is 2.53. The molecule has 2 aromatic rings. The maximum Gasteiger partial charge on any atom is 0.107 e. The van der Waals surface area contributed by atoms with E-state index < -0.39 is 6.10 Å². The molecule has 1 N–H and O–H groups in total. The van der Waals surface area contributed by atoms with Crippen molar-refractivity contribution in [1.29, 1.82) is 0 Å². The average molecular weight is 230 g/mol. The lowest BCUT2D eigenvalue weighted by Gasteiger charge is -2.19. The molecule has 2 heteroatoms. The predicted molar refractivity (Wildman–Crippen MR) is 67.9 cm³/mol. The Morgan fingerprint density at radius 2 is 1.65 bits per heavy atom. The molecule has 0 amide bonds. The second-order valence-electron chi connectivity index (χ2n) is 5.33. The van der Waals surface area contributed by atoms with E-state index in [1.807, 2.05) is 12.1 Å². The first-order valence-electron chi connectivity index (χ1n) is 5.79. The number of hydrogen-bond donors (Lipinski definition) is 1. The Bertz CT molecular complexity index is 461. The third kappa shape index (κ3) is 2.59. The molecule has 2 nitrogen and oxygen atoms in total. The molecule has 0 aliphatic rings. The summed E-state index contributed by atoms with van der Waals surface area (Å²) in [6.45, 7) is 6.53. The van der Waals surface area contributed by atoms with Gasteiger partial charge in [0.15, 0.2) is 0 Å². The Hall–Kier alpha value is -1.54. The van der Waals surface area contributed by atoms with Crippen molar-refractivity contribution in [1.82, 2.24) is 0 Å². The average Bonchev–Trinajstić information content (AvgIpc) is 2.80. The van der Waals surface area contributed by atoms with Gasteiger partial charge in [-0.3, -0.25) is 0 Å². The minimum Gasteiger partial charge on any atom is -0.472 e. The maximum absolute atomic E-state index is 10.1. The lowest BCUT2D eigenvalue weighted by atomic mass is 9.86. The van der Waals surface area contributed by atoms with Crippen molar-refractivity contribution >= 4 is 0 Å². The number of hydrogen-bond acceptors (Lipinski definition) is 2. The third-order valence-electron chi connectivity index (χ3n) is 2.95. The first-order chi connectivity index (χ1) is 7.98. The van der Waals surface area contributed by atoms with E-state index in [-0.39, 0.29) is 5.41 Å². The number of aliphatic hydroxyl groups excluding tert-OH is 1. The van der Waals surface area contributed by atoms with Gasteiger partial charge < -0.3 is 9.52 Å². The van der Waals surface area contributed by atoms with Gasteiger partial charge in [-0.25, -0.2) is 0 Å². The summed E-state index contributed by atoms with van der Waals surface area (Å²) < 4.78 is 4.98. The summed E-state index contributed by atoms with van der Waals surface area (Å²) in [5, 5.41) is 10.1. The minimum absolute atomic E-state index is 0.138. The predicted octanol–water partition coefficient (Wildman–Crippen LogP) is 3.66. The molecule has 2 rings (SSSR count). The van der Waals surface area contributed by atoms with Crippen LogP contribution in [0.5, 0.6) is 0 Å². The summed E-state index contributed by atoms with van der Waals surface area (Å²) in [7, 11) is 0. The van der Waals surface area contributed by atoms with Gasteiger partial charge in [-0.15, -0.1) is 0 Å². The van der Waals surface area contributed by atoms with Crippen LogP contribution in [0.3, 0.4) is 0 Å². The molecule has 0 fully saturated rings. The van der Waals surface area contributed by atoms with E-state index in [2.05, 4.69) is 32.9 Å². The molecule has 90 valence electrons. The van der Waals surface area contributed by atoms with E-state index in [9.17, 15) is 5.11 Å². The fourth-order valence-electron chi connectivity index (χ4n) is 1.79. The van der Waals surface area contributed by atoms with Crippen molar-refractivity contribution in [3.8, 4) is 0 Å². The maximum atomic E-state index is 10.1. The number of rotatable bonds is 2. The van der Waals surface area contributed by atoms with Gasteiger partial charge in [-0.2, -0.15) is 0 Å². The highest BCUT2D eigenvalue weighted by Crippen LogP contribution is 2.26. The zero-order valence-electron chi connectivity index (χ0n) is 10.5. The van der Waals surface area contributed by atoms with Crippen LogP contribution in [0.4, 0.5) is 0 Å². The zero-order chi connectivity index (χ0) is 12.5. The topological polar surface area (TPSA) is 33.4 Å². The van der Waals surface area contributed by atoms with Crippen molar-refractivity contribution in [2.24, 2.45) is 0 Å². The van der Waals surface area contributed by atoms with E-state index in [0.717, 1.165) is 11.1 Å². The van der Waals surface area contributed by atoms with Crippen molar-refractivity contribution in [3.05, 3.63) is 59.5 Å². The van der Waals surface area contributed by atoms with Crippen molar-refractivity contribution in [3.63, 3.8) is 0 Å². The summed E-state index contributed by atoms with van der Waals surface area (Å²) in [4.78, 5) is 0. The number of aliphatic hydroxyl groups is 1. The van der Waals surface area contributed by atoms with Gasteiger partial charge in [0.05, 0.1) is 12.5 Å². The van der Waals surface area contributed by atoms with Crippen molar-refractivity contribution < 1.29 is 9.52 Å². The molecule has 1 atom stereocenters. The van der Waals surface area contributed by atoms with Gasteiger partial charge in [0, 0.05) is 5.56 Å². The highest BCUT2D eigenvalue weighted by molar-refractivity contribution is 5.32. The molecule has 17 heavy (non-hydrogen) atoms. The molecular formula is C15H18O2. The van der Waals surface area contributed by atoms with E-state index in [4.69, 9.17) is 4.42 Å². The molecule has 0 saturated heterocycles. The SMILES string of the molecule is CC(C)(C)c1ccc([C@H](O)c2ccoc2)cc1. The van der Waals surface area contributed by atoms with Crippen LogP contribution in [0.15, 0.2) is 47.3 Å². The normalized spacial score (nSPS) is 13.6. The molecule has 1 aromatic carbocycles. The second kappa shape index (κ2) is 4.38. The van der Waals surface area contributed by atoms with Gasteiger partial charge in [0.25, 0.3) is 0 Å². The van der Waals surface area contributed by atoms with Crippen molar-refractivity contribution in [2.45, 2.75) is 32.3 Å². The zero-order valence-corrected chi connectivity index (χ0v) is 10.5. The van der Waals surface area contributed by atoms with Crippen LogP contribution in [0.2, 0.25) is 0 Å². The first-order valence-corrected chi connectivity index (χ1v) is 5.79. The molecule has 1 heterocycles. The van der Waals surface area contributed by atoms with Gasteiger partial charge in [-0.1, -0.05) is 45.0 Å². The van der Waals surface area contributed by atoms with Crippen LogP contribution in [0.1, 0.15) is 43.6 Å². The molecule has 0 unspecified atom stereocenters. The van der Waals surface area contributed by atoms with E-state index in [1.165, 1.54) is 5.56 Å². The van der Waals surface area contributed by atoms with Crippen LogP contribution in [-0.2, 0) is 5.41 Å². The summed E-state index contributed by atoms with van der Waals surface area (Å²) in [5.74, 6) is 0. The Morgan fingerprint density at radius 3 is 2.12 bits per heavy atom. The Morgan fingerprint density at radius 1 is 1.00 bits per heavy atom. The van der Waals surface area contributed by atoms with Gasteiger partial charge in [-0.05, 0) is 22.6 Å². The van der Waals surface area contributed by atoms with Gasteiger partial charge in [0.2, 0.25) is 0 Å². The highest BCUT2D eigenvalue weighted by Gasteiger charge is 2.15. The molecule has 0 bridgehead atoms. The standard InChI is InChI=1S/C15H18O2/c1-15(2,3)13-6-4-11(5-7-13)14(16)12-8-9-17-10-12/h4-10,14,16H,1-3H3/t14-/m0/s1. The van der Waals surface area contributed by atoms with Gasteiger partial charge >= 0.3 is 0 Å². The summed E-state index contributed by atoms with van der Waals surface area (Å²) in [6, 6.07) is 9.86. The molecule has 0 radical (unpaired) electrons. The molecule has 0 aliphatic heterocycles.